The van der Waals surface area contributed by atoms with Crippen molar-refractivity contribution >= 4 is 0 Å². The van der Waals surface area contributed by atoms with Crippen molar-refractivity contribution in [2.45, 2.75) is 39.2 Å². The van der Waals surface area contributed by atoms with E-state index in [-0.39, 0.29) is 0 Å². The van der Waals surface area contributed by atoms with Gasteiger partial charge in [0, 0.05) is 19.5 Å². The Morgan fingerprint density at radius 1 is 1.50 bits per heavy atom. The van der Waals surface area contributed by atoms with Crippen LogP contribution in [0.1, 0.15) is 32.5 Å². The van der Waals surface area contributed by atoms with Crippen LogP contribution in [0.2, 0.25) is 0 Å². The van der Waals surface area contributed by atoms with Crippen molar-refractivity contribution in [2.75, 3.05) is 6.54 Å². The van der Waals surface area contributed by atoms with Gasteiger partial charge >= 0.3 is 0 Å². The molecule has 4 nitrogen and oxygen atoms in total. The van der Waals surface area contributed by atoms with E-state index in [1.807, 2.05) is 11.7 Å². The lowest BCUT2D eigenvalue weighted by Crippen LogP contribution is -2.28. The number of rotatable bonds is 6. The highest BCUT2D eigenvalue weighted by molar-refractivity contribution is 4.85. The van der Waals surface area contributed by atoms with Gasteiger partial charge < -0.3 is 5.32 Å². The molecule has 1 unspecified atom stereocenters. The first-order valence-electron chi connectivity index (χ1n) is 5.34. The zero-order valence-corrected chi connectivity index (χ0v) is 9.32. The topological polar surface area (TPSA) is 42.7 Å². The van der Waals surface area contributed by atoms with Gasteiger partial charge in [-0.25, -0.2) is 4.98 Å². The molecule has 0 aromatic carbocycles. The third-order valence-corrected chi connectivity index (χ3v) is 2.51. The molecule has 0 aliphatic carbocycles. The molecule has 0 spiro atoms. The predicted molar refractivity (Wildman–Crippen MR) is 57.1 cm³/mol. The summed E-state index contributed by atoms with van der Waals surface area (Å²) in [5, 5.41) is 7.51. The molecule has 0 aliphatic rings. The standard InChI is InChI=1S/C10H20N4/c1-4-9(11-5-2)6-7-10-12-8-13-14(10)3/h8-9,11H,4-7H2,1-3H3. The van der Waals surface area contributed by atoms with Gasteiger partial charge in [0.05, 0.1) is 0 Å². The lowest BCUT2D eigenvalue weighted by Gasteiger charge is -2.14. The molecular formula is C10H20N4. The van der Waals surface area contributed by atoms with Gasteiger partial charge in [0.1, 0.15) is 12.2 Å². The van der Waals surface area contributed by atoms with Crippen LogP contribution in [0.3, 0.4) is 0 Å². The van der Waals surface area contributed by atoms with E-state index in [4.69, 9.17) is 0 Å². The minimum Gasteiger partial charge on any atom is -0.314 e. The average molecular weight is 196 g/mol. The van der Waals surface area contributed by atoms with E-state index in [0.717, 1.165) is 25.2 Å². The van der Waals surface area contributed by atoms with Gasteiger partial charge in [-0.3, -0.25) is 4.68 Å². The zero-order valence-electron chi connectivity index (χ0n) is 9.32. The van der Waals surface area contributed by atoms with E-state index in [9.17, 15) is 0 Å². The van der Waals surface area contributed by atoms with Crippen molar-refractivity contribution in [3.05, 3.63) is 12.2 Å². The molecular weight excluding hydrogens is 176 g/mol. The molecule has 1 aromatic heterocycles. The number of nitrogens with one attached hydrogen (secondary N) is 1. The maximum Gasteiger partial charge on any atom is 0.138 e. The molecule has 1 aromatic rings. The summed E-state index contributed by atoms with van der Waals surface area (Å²) in [5.74, 6) is 1.07. The third kappa shape index (κ3) is 3.10. The summed E-state index contributed by atoms with van der Waals surface area (Å²) in [5.41, 5.74) is 0. The van der Waals surface area contributed by atoms with Crippen LogP contribution in [0.25, 0.3) is 0 Å². The van der Waals surface area contributed by atoms with Crippen LogP contribution in [0, 0.1) is 0 Å². The summed E-state index contributed by atoms with van der Waals surface area (Å²) in [6, 6.07) is 0.608. The van der Waals surface area contributed by atoms with Gasteiger partial charge in [0.2, 0.25) is 0 Å². The minimum absolute atomic E-state index is 0.608. The van der Waals surface area contributed by atoms with Crippen LogP contribution in [0.15, 0.2) is 6.33 Å². The molecule has 1 heterocycles. The fourth-order valence-corrected chi connectivity index (χ4v) is 1.59. The Labute approximate surface area is 85.7 Å². The monoisotopic (exact) mass is 196 g/mol. The summed E-state index contributed by atoms with van der Waals surface area (Å²) in [6.07, 6.45) is 4.92. The van der Waals surface area contributed by atoms with Crippen LogP contribution in [-0.2, 0) is 13.5 Å². The van der Waals surface area contributed by atoms with Crippen LogP contribution in [-0.4, -0.2) is 27.4 Å². The van der Waals surface area contributed by atoms with Gasteiger partial charge in [-0.05, 0) is 19.4 Å². The van der Waals surface area contributed by atoms with Gasteiger partial charge in [0.15, 0.2) is 0 Å². The Balaban J connectivity index is 2.35. The minimum atomic E-state index is 0.608. The normalized spacial score (nSPS) is 13.1. The molecule has 0 bridgehead atoms. The summed E-state index contributed by atoms with van der Waals surface area (Å²) in [6.45, 7) is 5.40. The first-order chi connectivity index (χ1) is 6.77. The Morgan fingerprint density at radius 3 is 2.79 bits per heavy atom. The SMILES string of the molecule is CCNC(CC)CCc1ncnn1C. The van der Waals surface area contributed by atoms with E-state index in [0.29, 0.717) is 6.04 Å². The van der Waals surface area contributed by atoms with Crippen molar-refractivity contribution in [2.24, 2.45) is 7.05 Å². The number of aromatic nitrogens is 3. The van der Waals surface area contributed by atoms with E-state index in [2.05, 4.69) is 29.2 Å². The first kappa shape index (κ1) is 11.2. The van der Waals surface area contributed by atoms with Crippen LogP contribution in [0.4, 0.5) is 0 Å². The molecule has 0 radical (unpaired) electrons. The highest BCUT2D eigenvalue weighted by atomic mass is 15.3. The van der Waals surface area contributed by atoms with E-state index < -0.39 is 0 Å². The Kier molecular flexibility index (Phi) is 4.59. The molecule has 1 atom stereocenters. The van der Waals surface area contributed by atoms with E-state index >= 15 is 0 Å². The Hall–Kier alpha value is -0.900. The molecule has 0 aliphatic heterocycles. The van der Waals surface area contributed by atoms with E-state index in [1.54, 1.807) is 6.33 Å². The van der Waals surface area contributed by atoms with Crippen molar-refractivity contribution in [1.82, 2.24) is 20.1 Å². The highest BCUT2D eigenvalue weighted by Gasteiger charge is 2.06. The van der Waals surface area contributed by atoms with Gasteiger partial charge in [-0.2, -0.15) is 5.10 Å². The summed E-state index contributed by atoms with van der Waals surface area (Å²) in [7, 11) is 1.94. The maximum absolute atomic E-state index is 4.21. The number of hydrogen-bond acceptors (Lipinski definition) is 3. The molecule has 4 heteroatoms. The largest absolute Gasteiger partial charge is 0.314 e. The van der Waals surface area contributed by atoms with Gasteiger partial charge in [-0.1, -0.05) is 13.8 Å². The number of aryl methyl sites for hydroxylation is 2. The van der Waals surface area contributed by atoms with Crippen LogP contribution >= 0.6 is 0 Å². The highest BCUT2D eigenvalue weighted by Crippen LogP contribution is 2.03. The quantitative estimate of drug-likeness (QED) is 0.742. The van der Waals surface area contributed by atoms with Crippen molar-refractivity contribution in [3.8, 4) is 0 Å². The summed E-state index contributed by atoms with van der Waals surface area (Å²) in [4.78, 5) is 4.21. The Morgan fingerprint density at radius 2 is 2.29 bits per heavy atom. The molecule has 1 N–H and O–H groups in total. The molecule has 0 amide bonds. The lowest BCUT2D eigenvalue weighted by atomic mass is 10.1. The number of hydrogen-bond donors (Lipinski definition) is 1. The average Bonchev–Trinajstić information content (AvgIpc) is 2.59. The molecule has 14 heavy (non-hydrogen) atoms. The van der Waals surface area contributed by atoms with Gasteiger partial charge in [-0.15, -0.1) is 0 Å². The molecule has 1 rings (SSSR count). The van der Waals surface area contributed by atoms with Crippen LogP contribution in [0.5, 0.6) is 0 Å². The van der Waals surface area contributed by atoms with Crippen molar-refractivity contribution < 1.29 is 0 Å². The Bertz CT molecular complexity index is 256. The van der Waals surface area contributed by atoms with Crippen LogP contribution < -0.4 is 5.32 Å². The zero-order chi connectivity index (χ0) is 10.4. The number of nitrogens with zero attached hydrogens (tertiary/aromatic N) is 3. The molecule has 0 fully saturated rings. The predicted octanol–water partition coefficient (Wildman–Crippen LogP) is 1.14. The third-order valence-electron chi connectivity index (χ3n) is 2.51. The molecule has 0 saturated heterocycles. The van der Waals surface area contributed by atoms with Crippen molar-refractivity contribution in [3.63, 3.8) is 0 Å². The molecule has 0 saturated carbocycles. The fraction of sp³-hybridized carbons (Fsp3) is 0.800. The van der Waals surface area contributed by atoms with E-state index in [1.165, 1.54) is 6.42 Å². The second kappa shape index (κ2) is 5.75. The first-order valence-corrected chi connectivity index (χ1v) is 5.34. The lowest BCUT2D eigenvalue weighted by molar-refractivity contribution is 0.471. The second-order valence-corrected chi connectivity index (χ2v) is 3.50. The smallest absolute Gasteiger partial charge is 0.138 e. The molecule has 80 valence electrons. The maximum atomic E-state index is 4.21. The summed E-state index contributed by atoms with van der Waals surface area (Å²) >= 11 is 0. The van der Waals surface area contributed by atoms with Crippen molar-refractivity contribution in [1.29, 1.82) is 0 Å². The van der Waals surface area contributed by atoms with Gasteiger partial charge in [0.25, 0.3) is 0 Å². The fourth-order valence-electron chi connectivity index (χ4n) is 1.59. The summed E-state index contributed by atoms with van der Waals surface area (Å²) < 4.78 is 1.85. The second-order valence-electron chi connectivity index (χ2n) is 3.50.